The van der Waals surface area contributed by atoms with E-state index in [1.807, 2.05) is 38.2 Å². The fraction of sp³-hybridized carbons (Fsp3) is 0.333. The highest BCUT2D eigenvalue weighted by Crippen LogP contribution is 2.13. The minimum Gasteiger partial charge on any atom is -0.322 e. The molecule has 0 spiro atoms. The van der Waals surface area contributed by atoms with E-state index in [9.17, 15) is 4.79 Å². The van der Waals surface area contributed by atoms with Gasteiger partial charge >= 0.3 is 0 Å². The van der Waals surface area contributed by atoms with Gasteiger partial charge in [-0.15, -0.1) is 0 Å². The summed E-state index contributed by atoms with van der Waals surface area (Å²) in [4.78, 5) is 20.1. The van der Waals surface area contributed by atoms with E-state index in [0.717, 1.165) is 41.7 Å². The number of para-hydroxylation sites is 2. The molecule has 0 amide bonds. The molecule has 3 rings (SSSR count). The minimum absolute atomic E-state index is 0.0253. The Hall–Kier alpha value is -2.34. The van der Waals surface area contributed by atoms with Crippen molar-refractivity contribution in [2.24, 2.45) is 0 Å². The van der Waals surface area contributed by atoms with Gasteiger partial charge in [-0.05, 0) is 45.5 Å². The number of aromatic nitrogens is 4. The molecule has 0 aliphatic carbocycles. The first-order valence-electron chi connectivity index (χ1n) is 7.11. The van der Waals surface area contributed by atoms with Gasteiger partial charge < -0.3 is 10.3 Å². The van der Waals surface area contributed by atoms with Gasteiger partial charge in [0.15, 0.2) is 0 Å². The van der Waals surface area contributed by atoms with Gasteiger partial charge in [-0.1, -0.05) is 12.1 Å². The fourth-order valence-corrected chi connectivity index (χ4v) is 2.51. The van der Waals surface area contributed by atoms with Gasteiger partial charge in [0.25, 0.3) is 5.56 Å². The average molecular weight is 285 g/mol. The first kappa shape index (κ1) is 13.6. The maximum Gasteiger partial charge on any atom is 0.277 e. The van der Waals surface area contributed by atoms with Gasteiger partial charge in [0.1, 0.15) is 0 Å². The first-order valence-corrected chi connectivity index (χ1v) is 7.11. The number of aryl methyl sites for hydroxylation is 1. The number of nitrogens with zero attached hydrogens (tertiary/aromatic N) is 2. The molecule has 2 heterocycles. The summed E-state index contributed by atoms with van der Waals surface area (Å²) in [6, 6.07) is 7.74. The number of aromatic amines is 2. The molecule has 0 aliphatic heterocycles. The van der Waals surface area contributed by atoms with Crippen LogP contribution in [0, 0.1) is 6.92 Å². The molecular formula is C15H19N5O. The second-order valence-corrected chi connectivity index (χ2v) is 5.14. The zero-order valence-corrected chi connectivity index (χ0v) is 12.2. The Balaban J connectivity index is 1.99. The Morgan fingerprint density at radius 3 is 2.90 bits per heavy atom. The Morgan fingerprint density at radius 1 is 1.33 bits per heavy atom. The van der Waals surface area contributed by atoms with E-state index in [-0.39, 0.29) is 5.56 Å². The van der Waals surface area contributed by atoms with E-state index < -0.39 is 0 Å². The third-order valence-corrected chi connectivity index (χ3v) is 3.64. The third-order valence-electron chi connectivity index (χ3n) is 3.64. The summed E-state index contributed by atoms with van der Waals surface area (Å²) in [6.45, 7) is 2.82. The van der Waals surface area contributed by atoms with Gasteiger partial charge in [0.05, 0.1) is 11.0 Å². The molecule has 0 radical (unpaired) electrons. The third kappa shape index (κ3) is 2.50. The van der Waals surface area contributed by atoms with E-state index in [2.05, 4.69) is 20.4 Å². The quantitative estimate of drug-likeness (QED) is 0.622. The molecule has 0 bridgehead atoms. The standard InChI is InChI=1S/C15H19N5O/c1-10-11(6-5-9-16-2)14(21)20(19-10)15-17-12-7-3-4-8-13(12)18-15/h3-4,7-8,16,19H,5-6,9H2,1-2H3,(H,17,18). The maximum atomic E-state index is 12.5. The number of fused-ring (bicyclic) bond motifs is 1. The van der Waals surface area contributed by atoms with Gasteiger partial charge in [-0.25, -0.2) is 4.98 Å². The van der Waals surface area contributed by atoms with Crippen LogP contribution in [0.3, 0.4) is 0 Å². The summed E-state index contributed by atoms with van der Waals surface area (Å²) in [6.07, 6.45) is 1.69. The highest BCUT2D eigenvalue weighted by atomic mass is 16.1. The van der Waals surface area contributed by atoms with Crippen LogP contribution in [0.2, 0.25) is 0 Å². The molecule has 0 saturated carbocycles. The zero-order chi connectivity index (χ0) is 14.8. The van der Waals surface area contributed by atoms with Gasteiger partial charge in [0.2, 0.25) is 5.95 Å². The number of rotatable bonds is 5. The number of imidazole rings is 1. The van der Waals surface area contributed by atoms with E-state index in [1.54, 1.807) is 0 Å². The summed E-state index contributed by atoms with van der Waals surface area (Å²) in [5.74, 6) is 0.532. The Morgan fingerprint density at radius 2 is 2.14 bits per heavy atom. The van der Waals surface area contributed by atoms with E-state index in [1.165, 1.54) is 4.68 Å². The lowest BCUT2D eigenvalue weighted by molar-refractivity contribution is 0.720. The smallest absolute Gasteiger partial charge is 0.277 e. The summed E-state index contributed by atoms with van der Waals surface area (Å²) in [7, 11) is 1.91. The second kappa shape index (κ2) is 5.57. The number of nitrogens with one attached hydrogen (secondary N) is 3. The summed E-state index contributed by atoms with van der Waals surface area (Å²) in [5, 5.41) is 6.20. The predicted octanol–water partition coefficient (Wildman–Crippen LogP) is 1.50. The maximum absolute atomic E-state index is 12.5. The van der Waals surface area contributed by atoms with Crippen molar-refractivity contribution in [3.05, 3.63) is 45.9 Å². The average Bonchev–Trinajstić information content (AvgIpc) is 3.02. The molecule has 6 heteroatoms. The molecule has 21 heavy (non-hydrogen) atoms. The molecule has 0 atom stereocenters. The topological polar surface area (TPSA) is 78.5 Å². The van der Waals surface area contributed by atoms with Crippen LogP contribution in [0.25, 0.3) is 17.0 Å². The lowest BCUT2D eigenvalue weighted by Crippen LogP contribution is -2.19. The van der Waals surface area contributed by atoms with E-state index in [0.29, 0.717) is 5.95 Å². The predicted molar refractivity (Wildman–Crippen MR) is 83.0 cm³/mol. The van der Waals surface area contributed by atoms with Gasteiger partial charge in [-0.2, -0.15) is 4.68 Å². The lowest BCUT2D eigenvalue weighted by Gasteiger charge is -1.97. The van der Waals surface area contributed by atoms with Crippen molar-refractivity contribution in [3.63, 3.8) is 0 Å². The summed E-state index contributed by atoms with van der Waals surface area (Å²) in [5.41, 5.74) is 3.47. The van der Waals surface area contributed by atoms with Crippen LogP contribution in [0.4, 0.5) is 0 Å². The molecule has 0 saturated heterocycles. The Kier molecular flexibility index (Phi) is 3.62. The molecule has 0 fully saturated rings. The lowest BCUT2D eigenvalue weighted by atomic mass is 10.1. The van der Waals surface area contributed by atoms with Gasteiger partial charge in [0, 0.05) is 11.3 Å². The molecule has 3 aromatic rings. The van der Waals surface area contributed by atoms with Crippen LogP contribution < -0.4 is 10.9 Å². The van der Waals surface area contributed by atoms with Crippen molar-refractivity contribution < 1.29 is 0 Å². The minimum atomic E-state index is -0.0253. The molecule has 0 unspecified atom stereocenters. The Labute approximate surface area is 122 Å². The monoisotopic (exact) mass is 285 g/mol. The number of hydrogen-bond acceptors (Lipinski definition) is 3. The normalized spacial score (nSPS) is 11.3. The van der Waals surface area contributed by atoms with Crippen molar-refractivity contribution >= 4 is 11.0 Å². The second-order valence-electron chi connectivity index (χ2n) is 5.14. The van der Waals surface area contributed by atoms with Crippen molar-refractivity contribution in [2.75, 3.05) is 13.6 Å². The Bertz CT molecular complexity index is 778. The van der Waals surface area contributed by atoms with Crippen molar-refractivity contribution in [3.8, 4) is 5.95 Å². The van der Waals surface area contributed by atoms with Crippen molar-refractivity contribution in [2.45, 2.75) is 19.8 Å². The number of benzene rings is 1. The van der Waals surface area contributed by atoms with Crippen LogP contribution in [0.15, 0.2) is 29.1 Å². The van der Waals surface area contributed by atoms with Crippen LogP contribution in [0.5, 0.6) is 0 Å². The molecule has 6 nitrogen and oxygen atoms in total. The largest absolute Gasteiger partial charge is 0.322 e. The fourth-order valence-electron chi connectivity index (χ4n) is 2.51. The van der Waals surface area contributed by atoms with Gasteiger partial charge in [-0.3, -0.25) is 9.89 Å². The molecule has 1 aromatic carbocycles. The summed E-state index contributed by atoms with van der Waals surface area (Å²) >= 11 is 0. The van der Waals surface area contributed by atoms with Crippen LogP contribution in [-0.2, 0) is 6.42 Å². The molecule has 2 aromatic heterocycles. The van der Waals surface area contributed by atoms with E-state index in [4.69, 9.17) is 0 Å². The van der Waals surface area contributed by atoms with Crippen LogP contribution >= 0.6 is 0 Å². The molecule has 0 aliphatic rings. The summed E-state index contributed by atoms with van der Waals surface area (Å²) < 4.78 is 1.49. The van der Waals surface area contributed by atoms with Crippen LogP contribution in [0.1, 0.15) is 17.7 Å². The van der Waals surface area contributed by atoms with E-state index >= 15 is 0 Å². The zero-order valence-electron chi connectivity index (χ0n) is 12.2. The molecule has 110 valence electrons. The highest BCUT2D eigenvalue weighted by molar-refractivity contribution is 5.75. The van der Waals surface area contributed by atoms with Crippen LogP contribution in [-0.4, -0.2) is 33.3 Å². The molecule has 3 N–H and O–H groups in total. The SMILES string of the molecule is CNCCCc1c(C)[nH]n(-c2nc3ccccc3[nH]2)c1=O. The number of H-pyrrole nitrogens is 2. The first-order chi connectivity index (χ1) is 10.2. The highest BCUT2D eigenvalue weighted by Gasteiger charge is 2.14. The van der Waals surface area contributed by atoms with Crippen molar-refractivity contribution in [1.29, 1.82) is 0 Å². The van der Waals surface area contributed by atoms with Crippen molar-refractivity contribution in [1.82, 2.24) is 25.1 Å². The number of hydrogen-bond donors (Lipinski definition) is 3. The molecular weight excluding hydrogens is 266 g/mol.